The van der Waals surface area contributed by atoms with Crippen LogP contribution in [-0.2, 0) is 6.54 Å². The Kier molecular flexibility index (Phi) is 5.11. The molecule has 0 atom stereocenters. The van der Waals surface area contributed by atoms with Crippen molar-refractivity contribution in [3.8, 4) is 0 Å². The second kappa shape index (κ2) is 6.16. The Labute approximate surface area is 112 Å². The molecule has 0 spiro atoms. The van der Waals surface area contributed by atoms with Gasteiger partial charge in [0.1, 0.15) is 0 Å². The molecular weight excluding hydrogens is 252 g/mol. The van der Waals surface area contributed by atoms with Crippen molar-refractivity contribution in [2.75, 3.05) is 0 Å². The minimum atomic E-state index is -0.439. The van der Waals surface area contributed by atoms with Crippen molar-refractivity contribution in [2.45, 2.75) is 45.7 Å². The van der Waals surface area contributed by atoms with Crippen LogP contribution in [0.15, 0.2) is 18.2 Å². The first kappa shape index (κ1) is 14.9. The summed E-state index contributed by atoms with van der Waals surface area (Å²) in [6, 6.07) is 4.59. The SMILES string of the molecule is CCC(C)(CC)NCc1ccc([N+](=O)[O-])cc1Cl. The van der Waals surface area contributed by atoms with E-state index in [2.05, 4.69) is 26.1 Å². The second-order valence-electron chi connectivity index (χ2n) is 4.65. The van der Waals surface area contributed by atoms with Gasteiger partial charge in [-0.25, -0.2) is 0 Å². The van der Waals surface area contributed by atoms with Crippen LogP contribution < -0.4 is 5.32 Å². The molecule has 18 heavy (non-hydrogen) atoms. The van der Waals surface area contributed by atoms with Crippen LogP contribution in [0.2, 0.25) is 5.02 Å². The van der Waals surface area contributed by atoms with Gasteiger partial charge in [-0.1, -0.05) is 25.4 Å². The van der Waals surface area contributed by atoms with E-state index in [-0.39, 0.29) is 11.2 Å². The largest absolute Gasteiger partial charge is 0.307 e. The fraction of sp³-hybridized carbons (Fsp3) is 0.538. The molecule has 100 valence electrons. The van der Waals surface area contributed by atoms with Gasteiger partial charge in [0.15, 0.2) is 0 Å². The van der Waals surface area contributed by atoms with Gasteiger partial charge in [-0.05, 0) is 31.4 Å². The average molecular weight is 271 g/mol. The Morgan fingerprint density at radius 2 is 2.00 bits per heavy atom. The van der Waals surface area contributed by atoms with Gasteiger partial charge >= 0.3 is 0 Å². The Balaban J connectivity index is 2.77. The standard InChI is InChI=1S/C13H19ClN2O2/c1-4-13(3,5-2)15-9-10-6-7-11(16(17)18)8-12(10)14/h6-8,15H,4-5,9H2,1-3H3. The highest BCUT2D eigenvalue weighted by Gasteiger charge is 2.19. The predicted octanol–water partition coefficient (Wildman–Crippen LogP) is 3.92. The maximum absolute atomic E-state index is 10.6. The first-order chi connectivity index (χ1) is 8.41. The number of nitro benzene ring substituents is 1. The number of nitrogens with zero attached hydrogens (tertiary/aromatic N) is 1. The minimum Gasteiger partial charge on any atom is -0.307 e. The van der Waals surface area contributed by atoms with E-state index in [1.165, 1.54) is 12.1 Å². The predicted molar refractivity (Wildman–Crippen MR) is 73.9 cm³/mol. The lowest BCUT2D eigenvalue weighted by Gasteiger charge is -2.28. The summed E-state index contributed by atoms with van der Waals surface area (Å²) in [5.74, 6) is 0. The van der Waals surface area contributed by atoms with Crippen LogP contribution in [0.3, 0.4) is 0 Å². The lowest BCUT2D eigenvalue weighted by Crippen LogP contribution is -2.40. The number of nitro groups is 1. The molecule has 0 radical (unpaired) electrons. The number of hydrogen-bond acceptors (Lipinski definition) is 3. The fourth-order valence-electron chi connectivity index (χ4n) is 1.60. The van der Waals surface area contributed by atoms with Crippen LogP contribution in [-0.4, -0.2) is 10.5 Å². The summed E-state index contributed by atoms with van der Waals surface area (Å²) in [5.41, 5.74) is 0.985. The molecule has 1 N–H and O–H groups in total. The van der Waals surface area contributed by atoms with Gasteiger partial charge in [-0.2, -0.15) is 0 Å². The molecule has 0 unspecified atom stereocenters. The summed E-state index contributed by atoms with van der Waals surface area (Å²) in [7, 11) is 0. The summed E-state index contributed by atoms with van der Waals surface area (Å²) < 4.78 is 0. The summed E-state index contributed by atoms with van der Waals surface area (Å²) in [4.78, 5) is 10.2. The van der Waals surface area contributed by atoms with E-state index < -0.39 is 4.92 Å². The molecule has 0 aliphatic rings. The van der Waals surface area contributed by atoms with E-state index in [0.717, 1.165) is 18.4 Å². The van der Waals surface area contributed by atoms with Gasteiger partial charge in [0.25, 0.3) is 5.69 Å². The molecule has 0 bridgehead atoms. The molecule has 1 aromatic rings. The third-order valence-corrected chi connectivity index (χ3v) is 3.87. The number of halogens is 1. The smallest absolute Gasteiger partial charge is 0.270 e. The molecule has 0 saturated carbocycles. The summed E-state index contributed by atoms with van der Waals surface area (Å²) in [5, 5.41) is 14.5. The Bertz CT molecular complexity index is 431. The Morgan fingerprint density at radius 3 is 2.44 bits per heavy atom. The fourth-order valence-corrected chi connectivity index (χ4v) is 1.84. The van der Waals surface area contributed by atoms with Gasteiger partial charge in [0.2, 0.25) is 0 Å². The second-order valence-corrected chi connectivity index (χ2v) is 5.06. The monoisotopic (exact) mass is 270 g/mol. The van der Waals surface area contributed by atoms with E-state index in [4.69, 9.17) is 11.6 Å². The minimum absolute atomic E-state index is 0.0255. The number of benzene rings is 1. The summed E-state index contributed by atoms with van der Waals surface area (Å²) in [6.07, 6.45) is 2.04. The van der Waals surface area contributed by atoms with Crippen molar-refractivity contribution >= 4 is 17.3 Å². The van der Waals surface area contributed by atoms with E-state index >= 15 is 0 Å². The maximum atomic E-state index is 10.6. The van der Waals surface area contributed by atoms with Crippen LogP contribution in [0.1, 0.15) is 39.2 Å². The lowest BCUT2D eigenvalue weighted by molar-refractivity contribution is -0.384. The summed E-state index contributed by atoms with van der Waals surface area (Å²) in [6.45, 7) is 7.04. The number of non-ortho nitro benzene ring substituents is 1. The molecule has 4 nitrogen and oxygen atoms in total. The molecule has 1 aromatic carbocycles. The van der Waals surface area contributed by atoms with Crippen molar-refractivity contribution in [3.05, 3.63) is 38.9 Å². The molecule has 0 amide bonds. The highest BCUT2D eigenvalue weighted by Crippen LogP contribution is 2.23. The van der Waals surface area contributed by atoms with Crippen LogP contribution in [0.25, 0.3) is 0 Å². The van der Waals surface area contributed by atoms with Gasteiger partial charge in [-0.3, -0.25) is 10.1 Å². The topological polar surface area (TPSA) is 55.2 Å². The summed E-state index contributed by atoms with van der Waals surface area (Å²) >= 11 is 6.04. The maximum Gasteiger partial charge on any atom is 0.270 e. The average Bonchev–Trinajstić information content (AvgIpc) is 2.36. The number of nitrogens with one attached hydrogen (secondary N) is 1. The zero-order chi connectivity index (χ0) is 13.8. The van der Waals surface area contributed by atoms with Gasteiger partial charge in [0, 0.05) is 24.2 Å². The Hall–Kier alpha value is -1.13. The van der Waals surface area contributed by atoms with E-state index in [9.17, 15) is 10.1 Å². The first-order valence-electron chi connectivity index (χ1n) is 6.09. The normalized spacial score (nSPS) is 11.6. The van der Waals surface area contributed by atoms with Crippen LogP contribution in [0.5, 0.6) is 0 Å². The van der Waals surface area contributed by atoms with Crippen molar-refractivity contribution in [1.29, 1.82) is 0 Å². The third-order valence-electron chi connectivity index (χ3n) is 3.51. The molecule has 0 aliphatic carbocycles. The van der Waals surface area contributed by atoms with Gasteiger partial charge in [0.05, 0.1) is 9.95 Å². The highest BCUT2D eigenvalue weighted by molar-refractivity contribution is 6.31. The quantitative estimate of drug-likeness (QED) is 0.630. The van der Waals surface area contributed by atoms with Crippen molar-refractivity contribution in [3.63, 3.8) is 0 Å². The zero-order valence-electron chi connectivity index (χ0n) is 11.0. The molecule has 0 saturated heterocycles. The van der Waals surface area contributed by atoms with Crippen LogP contribution in [0.4, 0.5) is 5.69 Å². The molecule has 0 fully saturated rings. The highest BCUT2D eigenvalue weighted by atomic mass is 35.5. The Morgan fingerprint density at radius 1 is 1.39 bits per heavy atom. The first-order valence-corrected chi connectivity index (χ1v) is 6.47. The number of hydrogen-bond donors (Lipinski definition) is 1. The number of rotatable bonds is 6. The molecule has 1 rings (SSSR count). The molecular formula is C13H19ClN2O2. The van der Waals surface area contributed by atoms with Crippen molar-refractivity contribution in [2.24, 2.45) is 0 Å². The van der Waals surface area contributed by atoms with Crippen molar-refractivity contribution in [1.82, 2.24) is 5.32 Å². The van der Waals surface area contributed by atoms with Crippen molar-refractivity contribution < 1.29 is 4.92 Å². The van der Waals surface area contributed by atoms with E-state index in [0.29, 0.717) is 11.6 Å². The lowest BCUT2D eigenvalue weighted by atomic mass is 9.95. The van der Waals surface area contributed by atoms with Crippen LogP contribution >= 0.6 is 11.6 Å². The molecule has 0 aliphatic heterocycles. The van der Waals surface area contributed by atoms with Crippen LogP contribution in [0, 0.1) is 10.1 Å². The van der Waals surface area contributed by atoms with Gasteiger partial charge < -0.3 is 5.32 Å². The zero-order valence-corrected chi connectivity index (χ0v) is 11.8. The van der Waals surface area contributed by atoms with Gasteiger partial charge in [-0.15, -0.1) is 0 Å². The molecule has 0 aromatic heterocycles. The van der Waals surface area contributed by atoms with E-state index in [1.807, 2.05) is 0 Å². The van der Waals surface area contributed by atoms with E-state index in [1.54, 1.807) is 6.07 Å². The molecule has 0 heterocycles. The third kappa shape index (κ3) is 3.68. The molecule has 5 heteroatoms.